The van der Waals surface area contributed by atoms with Gasteiger partial charge in [0.05, 0.1) is 5.69 Å². The molecule has 2 nitrogen and oxygen atoms in total. The van der Waals surface area contributed by atoms with Gasteiger partial charge in [0, 0.05) is 32.1 Å². The topological polar surface area (TPSA) is 26.0 Å². The normalized spacial score (nSPS) is 12.5. The molecule has 3 aromatic heterocycles. The van der Waals surface area contributed by atoms with Crippen molar-refractivity contribution in [1.29, 1.82) is 0 Å². The Morgan fingerprint density at radius 3 is 2.61 bits per heavy atom. The van der Waals surface area contributed by atoms with E-state index in [1.807, 2.05) is 17.5 Å². The van der Waals surface area contributed by atoms with Gasteiger partial charge >= 0.3 is 0 Å². The lowest BCUT2D eigenvalue weighted by Gasteiger charge is -2.22. The molecule has 0 amide bonds. The molecule has 5 aromatic rings. The first-order valence-electron chi connectivity index (χ1n) is 9.65. The summed E-state index contributed by atoms with van der Waals surface area (Å²) in [7, 11) is 0. The van der Waals surface area contributed by atoms with E-state index in [0.29, 0.717) is 0 Å². The Morgan fingerprint density at radius 2 is 1.82 bits per heavy atom. The summed E-state index contributed by atoms with van der Waals surface area (Å²) in [6, 6.07) is 15.1. The highest BCUT2D eigenvalue weighted by Crippen LogP contribution is 2.41. The number of hydrogen-bond acceptors (Lipinski definition) is 3. The van der Waals surface area contributed by atoms with Gasteiger partial charge in [0.2, 0.25) is 0 Å². The Hall–Kier alpha value is -2.65. The van der Waals surface area contributed by atoms with Gasteiger partial charge in [-0.05, 0) is 66.1 Å². The van der Waals surface area contributed by atoms with Crippen LogP contribution in [-0.2, 0) is 5.41 Å². The van der Waals surface area contributed by atoms with Gasteiger partial charge in [-0.2, -0.15) is 0 Å². The van der Waals surface area contributed by atoms with E-state index in [1.165, 1.54) is 36.9 Å². The molecule has 0 radical (unpaired) electrons. The minimum absolute atomic E-state index is 0.0736. The monoisotopic (exact) mass is 385 g/mol. The summed E-state index contributed by atoms with van der Waals surface area (Å²) >= 11 is 1.83. The highest BCUT2D eigenvalue weighted by Gasteiger charge is 2.20. The second-order valence-electron chi connectivity index (χ2n) is 8.63. The molecule has 0 saturated heterocycles. The third kappa shape index (κ3) is 2.57. The van der Waals surface area contributed by atoms with Crippen molar-refractivity contribution in [2.75, 3.05) is 0 Å². The van der Waals surface area contributed by atoms with Gasteiger partial charge in [0.1, 0.15) is 11.2 Å². The maximum Gasteiger partial charge on any atom is 0.144 e. The Bertz CT molecular complexity index is 1360. The lowest BCUT2D eigenvalue weighted by molar-refractivity contribution is 0.585. The molecule has 3 heteroatoms. The quantitative estimate of drug-likeness (QED) is 0.294. The highest BCUT2D eigenvalue weighted by atomic mass is 32.1. The predicted molar refractivity (Wildman–Crippen MR) is 121 cm³/mol. The largest absolute Gasteiger partial charge is 0.455 e. The number of hydrogen-bond donors (Lipinski definition) is 0. The molecular weight excluding hydrogens is 362 g/mol. The Morgan fingerprint density at radius 1 is 1.00 bits per heavy atom. The Labute approximate surface area is 168 Å². The number of para-hydroxylation sites is 1. The molecule has 2 aromatic carbocycles. The molecular formula is C25H23NOS. The molecule has 0 atom stereocenters. The summed E-state index contributed by atoms with van der Waals surface area (Å²) in [5.74, 6) is 0. The first-order chi connectivity index (χ1) is 13.3. The Balaban J connectivity index is 1.83. The average Bonchev–Trinajstić information content (AvgIpc) is 3.20. The van der Waals surface area contributed by atoms with E-state index >= 15 is 0 Å². The molecule has 0 unspecified atom stereocenters. The smallest absolute Gasteiger partial charge is 0.144 e. The molecule has 0 aliphatic carbocycles. The van der Waals surface area contributed by atoms with Crippen LogP contribution in [0.2, 0.25) is 0 Å². The summed E-state index contributed by atoms with van der Waals surface area (Å²) in [5, 5.41) is 3.67. The van der Waals surface area contributed by atoms with Gasteiger partial charge in [0.15, 0.2) is 0 Å². The molecule has 28 heavy (non-hydrogen) atoms. The maximum absolute atomic E-state index is 6.38. The van der Waals surface area contributed by atoms with Crippen molar-refractivity contribution in [1.82, 2.24) is 4.98 Å². The second kappa shape index (κ2) is 5.92. The fourth-order valence-corrected chi connectivity index (χ4v) is 5.25. The third-order valence-corrected chi connectivity index (χ3v) is 6.54. The van der Waals surface area contributed by atoms with Crippen LogP contribution in [0.4, 0.5) is 0 Å². The van der Waals surface area contributed by atoms with Gasteiger partial charge in [-0.1, -0.05) is 32.9 Å². The third-order valence-electron chi connectivity index (χ3n) is 5.46. The van der Waals surface area contributed by atoms with Crippen LogP contribution in [0.5, 0.6) is 0 Å². The number of thiophene rings is 1. The van der Waals surface area contributed by atoms with Crippen LogP contribution >= 0.6 is 11.3 Å². The van der Waals surface area contributed by atoms with Gasteiger partial charge in [0.25, 0.3) is 0 Å². The van der Waals surface area contributed by atoms with Crippen LogP contribution in [0, 0.1) is 13.8 Å². The molecule has 0 spiro atoms. The van der Waals surface area contributed by atoms with Gasteiger partial charge in [-0.15, -0.1) is 11.3 Å². The standard InChI is InChI=1S/C25H23NOS/c1-14-13-26-20(12-19(14)25(3,4)5)17-7-6-8-18-22-21(27-23(17)18)10-9-16-11-15(2)28-24(16)22/h6-13H,1-5H3. The molecule has 0 N–H and O–H groups in total. The number of aromatic nitrogens is 1. The molecule has 140 valence electrons. The van der Waals surface area contributed by atoms with Crippen molar-refractivity contribution in [2.24, 2.45) is 0 Å². The minimum Gasteiger partial charge on any atom is -0.455 e. The fraction of sp³-hybridized carbons (Fsp3) is 0.240. The number of benzene rings is 2. The number of furan rings is 1. The van der Waals surface area contributed by atoms with Crippen molar-refractivity contribution in [2.45, 2.75) is 40.0 Å². The lowest BCUT2D eigenvalue weighted by atomic mass is 9.84. The number of aryl methyl sites for hydroxylation is 2. The van der Waals surface area contributed by atoms with E-state index in [0.717, 1.165) is 22.4 Å². The number of fused-ring (bicyclic) bond motifs is 5. The molecule has 5 rings (SSSR count). The van der Waals surface area contributed by atoms with Crippen molar-refractivity contribution in [3.05, 3.63) is 64.7 Å². The van der Waals surface area contributed by atoms with Crippen molar-refractivity contribution in [3.8, 4) is 11.3 Å². The Kier molecular flexibility index (Phi) is 3.69. The predicted octanol–water partition coefficient (Wildman–Crippen LogP) is 7.78. The van der Waals surface area contributed by atoms with Gasteiger partial charge in [-0.25, -0.2) is 0 Å². The summed E-state index contributed by atoms with van der Waals surface area (Å²) in [5.41, 5.74) is 6.52. The fourth-order valence-electron chi connectivity index (χ4n) is 4.19. The number of nitrogens with zero attached hydrogens (tertiary/aromatic N) is 1. The SMILES string of the molecule is Cc1cc2ccc3oc4c(-c5cc(C(C)(C)C)c(C)cn5)cccc4c3c2s1. The van der Waals surface area contributed by atoms with Crippen molar-refractivity contribution in [3.63, 3.8) is 0 Å². The van der Waals surface area contributed by atoms with Crippen LogP contribution in [0.3, 0.4) is 0 Å². The van der Waals surface area contributed by atoms with Gasteiger partial charge < -0.3 is 4.42 Å². The van der Waals surface area contributed by atoms with E-state index in [4.69, 9.17) is 9.40 Å². The second-order valence-corrected chi connectivity index (χ2v) is 9.89. The van der Waals surface area contributed by atoms with E-state index < -0.39 is 0 Å². The number of pyridine rings is 1. The zero-order valence-electron chi connectivity index (χ0n) is 16.9. The molecule has 0 aliphatic rings. The average molecular weight is 386 g/mol. The first kappa shape index (κ1) is 17.4. The molecule has 0 fully saturated rings. The van der Waals surface area contributed by atoms with E-state index in [1.54, 1.807) is 0 Å². The summed E-state index contributed by atoms with van der Waals surface area (Å²) < 4.78 is 7.68. The van der Waals surface area contributed by atoms with E-state index in [2.05, 4.69) is 77.1 Å². The van der Waals surface area contributed by atoms with Crippen molar-refractivity contribution >= 4 is 43.4 Å². The van der Waals surface area contributed by atoms with Crippen LogP contribution < -0.4 is 0 Å². The summed E-state index contributed by atoms with van der Waals surface area (Å²) in [4.78, 5) is 6.07. The van der Waals surface area contributed by atoms with Crippen LogP contribution in [0.15, 0.2) is 53.1 Å². The van der Waals surface area contributed by atoms with Crippen molar-refractivity contribution < 1.29 is 4.42 Å². The summed E-state index contributed by atoms with van der Waals surface area (Å²) in [6.07, 6.45) is 1.98. The zero-order chi connectivity index (χ0) is 19.6. The first-order valence-corrected chi connectivity index (χ1v) is 10.5. The van der Waals surface area contributed by atoms with Gasteiger partial charge in [-0.3, -0.25) is 4.98 Å². The van der Waals surface area contributed by atoms with Crippen LogP contribution in [-0.4, -0.2) is 4.98 Å². The van der Waals surface area contributed by atoms with Crippen LogP contribution in [0.1, 0.15) is 36.8 Å². The molecule has 0 saturated carbocycles. The molecule has 0 bridgehead atoms. The van der Waals surface area contributed by atoms with E-state index in [-0.39, 0.29) is 5.41 Å². The zero-order valence-corrected chi connectivity index (χ0v) is 17.7. The lowest BCUT2D eigenvalue weighted by Crippen LogP contribution is -2.13. The van der Waals surface area contributed by atoms with Crippen LogP contribution in [0.25, 0.3) is 43.3 Å². The highest BCUT2D eigenvalue weighted by molar-refractivity contribution is 7.20. The van der Waals surface area contributed by atoms with E-state index in [9.17, 15) is 0 Å². The number of rotatable bonds is 1. The minimum atomic E-state index is 0.0736. The maximum atomic E-state index is 6.38. The summed E-state index contributed by atoms with van der Waals surface area (Å²) in [6.45, 7) is 11.0. The molecule has 0 aliphatic heterocycles. The molecule has 3 heterocycles.